The van der Waals surface area contributed by atoms with Gasteiger partial charge in [0.05, 0.1) is 14.2 Å². The fraction of sp³-hybridized carbons (Fsp3) is 0.294. The smallest absolute Gasteiger partial charge is 0.123 e. The molecule has 0 atom stereocenters. The van der Waals surface area contributed by atoms with Crippen LogP contribution in [0.2, 0.25) is 0 Å². The van der Waals surface area contributed by atoms with Crippen LogP contribution in [0.1, 0.15) is 12.5 Å². The second kappa shape index (κ2) is 6.96. The molecule has 3 heteroatoms. The van der Waals surface area contributed by atoms with E-state index in [1.165, 1.54) is 5.56 Å². The third-order valence-corrected chi connectivity index (χ3v) is 3.22. The van der Waals surface area contributed by atoms with Crippen LogP contribution < -0.4 is 14.8 Å². The fourth-order valence-electron chi connectivity index (χ4n) is 2.06. The van der Waals surface area contributed by atoms with E-state index in [4.69, 9.17) is 9.47 Å². The van der Waals surface area contributed by atoms with Gasteiger partial charge in [-0.1, -0.05) is 31.2 Å². The van der Waals surface area contributed by atoms with Crippen LogP contribution in [-0.4, -0.2) is 20.8 Å². The first-order chi connectivity index (χ1) is 9.76. The number of ether oxygens (including phenoxy) is 2. The molecule has 0 amide bonds. The Balaban J connectivity index is 2.26. The number of hydrogen-bond acceptors (Lipinski definition) is 3. The lowest BCUT2D eigenvalue weighted by molar-refractivity contribution is 0.394. The molecule has 106 valence electrons. The predicted molar refractivity (Wildman–Crippen MR) is 82.4 cm³/mol. The number of rotatable bonds is 6. The molecule has 0 radical (unpaired) electrons. The third-order valence-electron chi connectivity index (χ3n) is 3.22. The van der Waals surface area contributed by atoms with Gasteiger partial charge >= 0.3 is 0 Å². The van der Waals surface area contributed by atoms with Crippen molar-refractivity contribution >= 4 is 0 Å². The topological polar surface area (TPSA) is 30.5 Å². The minimum Gasteiger partial charge on any atom is -0.497 e. The van der Waals surface area contributed by atoms with E-state index in [1.54, 1.807) is 14.2 Å². The van der Waals surface area contributed by atoms with Gasteiger partial charge in [-0.05, 0) is 35.4 Å². The number of methoxy groups -OCH3 is 2. The van der Waals surface area contributed by atoms with E-state index in [0.29, 0.717) is 0 Å². The quantitative estimate of drug-likeness (QED) is 0.872. The first kappa shape index (κ1) is 14.4. The molecule has 2 aromatic carbocycles. The highest BCUT2D eigenvalue weighted by Gasteiger charge is 2.04. The second-order valence-corrected chi connectivity index (χ2v) is 4.58. The minimum atomic E-state index is 0.802. The van der Waals surface area contributed by atoms with E-state index in [9.17, 15) is 0 Å². The lowest BCUT2D eigenvalue weighted by Crippen LogP contribution is -2.11. The summed E-state index contributed by atoms with van der Waals surface area (Å²) in [5, 5.41) is 3.32. The molecule has 0 aliphatic rings. The standard InChI is InChI=1S/C17H21NO2/c1-4-18-12-13-5-7-14(8-6-13)15-9-16(19-2)11-17(10-15)20-3/h5-11,18H,4,12H2,1-3H3. The molecule has 0 saturated carbocycles. The van der Waals surface area contributed by atoms with Gasteiger partial charge in [0.15, 0.2) is 0 Å². The molecule has 20 heavy (non-hydrogen) atoms. The van der Waals surface area contributed by atoms with Crippen molar-refractivity contribution in [3.8, 4) is 22.6 Å². The average molecular weight is 271 g/mol. The Labute approximate surface area is 120 Å². The summed E-state index contributed by atoms with van der Waals surface area (Å²) in [6.45, 7) is 3.99. The predicted octanol–water partition coefficient (Wildman–Crippen LogP) is 3.48. The van der Waals surface area contributed by atoms with Crippen molar-refractivity contribution in [2.75, 3.05) is 20.8 Å². The van der Waals surface area contributed by atoms with E-state index >= 15 is 0 Å². The molecule has 2 rings (SSSR count). The SMILES string of the molecule is CCNCc1ccc(-c2cc(OC)cc(OC)c2)cc1. The highest BCUT2D eigenvalue weighted by molar-refractivity contribution is 5.67. The molecular formula is C17H21NO2. The largest absolute Gasteiger partial charge is 0.497 e. The summed E-state index contributed by atoms with van der Waals surface area (Å²) < 4.78 is 10.6. The maximum atomic E-state index is 5.31. The highest BCUT2D eigenvalue weighted by atomic mass is 16.5. The van der Waals surface area contributed by atoms with Crippen molar-refractivity contribution in [2.45, 2.75) is 13.5 Å². The van der Waals surface area contributed by atoms with Crippen LogP contribution in [0.4, 0.5) is 0 Å². The van der Waals surface area contributed by atoms with E-state index in [-0.39, 0.29) is 0 Å². The van der Waals surface area contributed by atoms with Crippen molar-refractivity contribution in [1.29, 1.82) is 0 Å². The van der Waals surface area contributed by atoms with Crippen LogP contribution >= 0.6 is 0 Å². The third kappa shape index (κ3) is 3.52. The summed E-state index contributed by atoms with van der Waals surface area (Å²) >= 11 is 0. The van der Waals surface area contributed by atoms with Gasteiger partial charge in [0.2, 0.25) is 0 Å². The molecule has 0 heterocycles. The summed E-state index contributed by atoms with van der Waals surface area (Å²) in [4.78, 5) is 0. The molecule has 2 aromatic rings. The van der Waals surface area contributed by atoms with Crippen LogP contribution in [0.25, 0.3) is 11.1 Å². The maximum absolute atomic E-state index is 5.31. The molecular weight excluding hydrogens is 250 g/mol. The average Bonchev–Trinajstić information content (AvgIpc) is 2.52. The molecule has 0 aromatic heterocycles. The molecule has 1 N–H and O–H groups in total. The van der Waals surface area contributed by atoms with Crippen LogP contribution in [0.15, 0.2) is 42.5 Å². The summed E-state index contributed by atoms with van der Waals surface area (Å²) in [5.74, 6) is 1.60. The zero-order chi connectivity index (χ0) is 14.4. The first-order valence-corrected chi connectivity index (χ1v) is 6.80. The van der Waals surface area contributed by atoms with Gasteiger partial charge in [-0.25, -0.2) is 0 Å². The van der Waals surface area contributed by atoms with Crippen molar-refractivity contribution in [3.05, 3.63) is 48.0 Å². The molecule has 0 saturated heterocycles. The zero-order valence-corrected chi connectivity index (χ0v) is 12.3. The summed E-state index contributed by atoms with van der Waals surface area (Å²) in [6, 6.07) is 14.4. The minimum absolute atomic E-state index is 0.802. The molecule has 0 bridgehead atoms. The van der Waals surface area contributed by atoms with Crippen LogP contribution in [-0.2, 0) is 6.54 Å². The van der Waals surface area contributed by atoms with Gasteiger partial charge in [0.1, 0.15) is 11.5 Å². The van der Waals surface area contributed by atoms with Gasteiger partial charge in [-0.3, -0.25) is 0 Å². The van der Waals surface area contributed by atoms with Gasteiger partial charge in [0.25, 0.3) is 0 Å². The second-order valence-electron chi connectivity index (χ2n) is 4.58. The Morgan fingerprint density at radius 3 is 1.95 bits per heavy atom. The molecule has 0 aliphatic carbocycles. The molecule has 0 unspecified atom stereocenters. The van der Waals surface area contributed by atoms with Gasteiger partial charge < -0.3 is 14.8 Å². The van der Waals surface area contributed by atoms with Gasteiger partial charge in [-0.2, -0.15) is 0 Å². The number of nitrogens with one attached hydrogen (secondary N) is 1. The molecule has 3 nitrogen and oxygen atoms in total. The number of hydrogen-bond donors (Lipinski definition) is 1. The molecule has 0 spiro atoms. The van der Waals surface area contributed by atoms with E-state index in [2.05, 4.69) is 36.5 Å². The Hall–Kier alpha value is -2.00. The van der Waals surface area contributed by atoms with Crippen LogP contribution in [0.5, 0.6) is 11.5 Å². The fourth-order valence-corrected chi connectivity index (χ4v) is 2.06. The summed E-state index contributed by atoms with van der Waals surface area (Å²) in [7, 11) is 3.33. The van der Waals surface area contributed by atoms with Crippen LogP contribution in [0.3, 0.4) is 0 Å². The van der Waals surface area contributed by atoms with E-state index in [0.717, 1.165) is 35.7 Å². The monoisotopic (exact) mass is 271 g/mol. The van der Waals surface area contributed by atoms with Crippen molar-refractivity contribution < 1.29 is 9.47 Å². The Kier molecular flexibility index (Phi) is 5.02. The Bertz CT molecular complexity index is 527. The molecule has 0 fully saturated rings. The van der Waals surface area contributed by atoms with Crippen molar-refractivity contribution in [3.63, 3.8) is 0 Å². The molecule has 0 aliphatic heterocycles. The maximum Gasteiger partial charge on any atom is 0.123 e. The lowest BCUT2D eigenvalue weighted by Gasteiger charge is -2.09. The van der Waals surface area contributed by atoms with Gasteiger partial charge in [-0.15, -0.1) is 0 Å². The lowest BCUT2D eigenvalue weighted by atomic mass is 10.0. The Morgan fingerprint density at radius 2 is 1.45 bits per heavy atom. The van der Waals surface area contributed by atoms with E-state index < -0.39 is 0 Å². The normalized spacial score (nSPS) is 10.3. The van der Waals surface area contributed by atoms with Crippen molar-refractivity contribution in [1.82, 2.24) is 5.32 Å². The first-order valence-electron chi connectivity index (χ1n) is 6.80. The summed E-state index contributed by atoms with van der Waals surface area (Å²) in [5.41, 5.74) is 3.53. The Morgan fingerprint density at radius 1 is 0.850 bits per heavy atom. The highest BCUT2D eigenvalue weighted by Crippen LogP contribution is 2.29. The zero-order valence-electron chi connectivity index (χ0n) is 12.3. The van der Waals surface area contributed by atoms with Crippen LogP contribution in [0, 0.1) is 0 Å². The van der Waals surface area contributed by atoms with Gasteiger partial charge in [0, 0.05) is 12.6 Å². The van der Waals surface area contributed by atoms with Crippen molar-refractivity contribution in [2.24, 2.45) is 0 Å². The number of benzene rings is 2. The summed E-state index contributed by atoms with van der Waals surface area (Å²) in [6.07, 6.45) is 0. The van der Waals surface area contributed by atoms with E-state index in [1.807, 2.05) is 18.2 Å².